The third-order valence-corrected chi connectivity index (χ3v) is 9.16. The molecule has 0 saturated heterocycles. The lowest BCUT2D eigenvalue weighted by molar-refractivity contribution is 1.18. The van der Waals surface area contributed by atoms with Crippen molar-refractivity contribution >= 4 is 43.4 Å². The third-order valence-electron chi connectivity index (χ3n) is 9.16. The summed E-state index contributed by atoms with van der Waals surface area (Å²) in [6.45, 7) is 0. The molecule has 0 bridgehead atoms. The van der Waals surface area contributed by atoms with Gasteiger partial charge < -0.3 is 4.57 Å². The van der Waals surface area contributed by atoms with Crippen LogP contribution in [0.15, 0.2) is 176 Å². The van der Waals surface area contributed by atoms with Gasteiger partial charge in [0.2, 0.25) is 0 Å². The first kappa shape index (κ1) is 25.6. The second kappa shape index (κ2) is 10.4. The third kappa shape index (κ3) is 4.41. The second-order valence-corrected chi connectivity index (χ2v) is 11.8. The molecule has 45 heavy (non-hydrogen) atoms. The van der Waals surface area contributed by atoms with Gasteiger partial charge in [0.15, 0.2) is 0 Å². The maximum atomic E-state index is 2.40. The van der Waals surface area contributed by atoms with Gasteiger partial charge in [-0.2, -0.15) is 0 Å². The van der Waals surface area contributed by atoms with Crippen LogP contribution in [0.1, 0.15) is 0 Å². The Hall–Kier alpha value is -5.92. The van der Waals surface area contributed by atoms with E-state index in [1.807, 2.05) is 0 Å². The van der Waals surface area contributed by atoms with Gasteiger partial charge in [0.25, 0.3) is 0 Å². The van der Waals surface area contributed by atoms with Crippen LogP contribution in [0.5, 0.6) is 0 Å². The topological polar surface area (TPSA) is 4.93 Å². The molecular weight excluding hydrogens is 542 g/mol. The summed E-state index contributed by atoms with van der Waals surface area (Å²) in [5.41, 5.74) is 10.9. The number of para-hydroxylation sites is 1. The summed E-state index contributed by atoms with van der Waals surface area (Å²) in [5, 5.41) is 7.57. The Morgan fingerprint density at radius 2 is 0.733 bits per heavy atom. The van der Waals surface area contributed by atoms with E-state index in [2.05, 4.69) is 180 Å². The quantitative estimate of drug-likeness (QED) is 0.198. The Balaban J connectivity index is 1.16. The number of fused-ring (bicyclic) bond motifs is 5. The van der Waals surface area contributed by atoms with Crippen molar-refractivity contribution in [1.29, 1.82) is 0 Å². The predicted octanol–water partition coefficient (Wildman–Crippen LogP) is 12.1. The number of aromatic nitrogens is 1. The molecule has 0 fully saturated rings. The van der Waals surface area contributed by atoms with E-state index in [4.69, 9.17) is 0 Å². The van der Waals surface area contributed by atoms with Crippen molar-refractivity contribution in [2.24, 2.45) is 0 Å². The van der Waals surface area contributed by atoms with Crippen LogP contribution in [0, 0.1) is 0 Å². The molecule has 0 aliphatic heterocycles. The summed E-state index contributed by atoms with van der Waals surface area (Å²) < 4.78 is 2.40. The molecule has 0 amide bonds. The summed E-state index contributed by atoms with van der Waals surface area (Å²) in [6, 6.07) is 64.1. The Morgan fingerprint density at radius 3 is 1.38 bits per heavy atom. The highest BCUT2D eigenvalue weighted by atomic mass is 15.0. The zero-order valence-corrected chi connectivity index (χ0v) is 24.7. The molecule has 1 heteroatoms. The summed E-state index contributed by atoms with van der Waals surface area (Å²) in [4.78, 5) is 0. The molecule has 1 heterocycles. The molecule has 210 valence electrons. The Labute approximate surface area is 262 Å². The van der Waals surface area contributed by atoms with Crippen LogP contribution in [0.3, 0.4) is 0 Å². The summed E-state index contributed by atoms with van der Waals surface area (Å²) in [6.07, 6.45) is 0. The van der Waals surface area contributed by atoms with Gasteiger partial charge in [-0.15, -0.1) is 0 Å². The molecule has 0 radical (unpaired) electrons. The molecule has 0 saturated carbocycles. The fraction of sp³-hybridized carbons (Fsp3) is 0. The summed E-state index contributed by atoms with van der Waals surface area (Å²) >= 11 is 0. The highest BCUT2D eigenvalue weighted by Gasteiger charge is 2.15. The first-order chi connectivity index (χ1) is 22.3. The molecule has 0 unspecified atom stereocenters. The Kier molecular flexibility index (Phi) is 5.89. The van der Waals surface area contributed by atoms with E-state index < -0.39 is 0 Å². The van der Waals surface area contributed by atoms with Crippen molar-refractivity contribution in [2.75, 3.05) is 0 Å². The molecule has 0 aliphatic rings. The van der Waals surface area contributed by atoms with Gasteiger partial charge >= 0.3 is 0 Å². The number of hydrogen-bond donors (Lipinski definition) is 0. The first-order valence-corrected chi connectivity index (χ1v) is 15.5. The van der Waals surface area contributed by atoms with E-state index in [1.165, 1.54) is 82.4 Å². The maximum absolute atomic E-state index is 2.40. The van der Waals surface area contributed by atoms with Crippen molar-refractivity contribution in [3.63, 3.8) is 0 Å². The van der Waals surface area contributed by atoms with Crippen molar-refractivity contribution in [1.82, 2.24) is 4.57 Å². The molecule has 0 aliphatic carbocycles. The largest absolute Gasteiger partial charge is 0.309 e. The van der Waals surface area contributed by atoms with E-state index in [0.717, 1.165) is 0 Å². The Bertz CT molecular complexity index is 2520. The number of rotatable bonds is 4. The Morgan fingerprint density at radius 1 is 0.267 bits per heavy atom. The lowest BCUT2D eigenvalue weighted by atomic mass is 9.97. The number of benzene rings is 8. The molecule has 1 nitrogen and oxygen atoms in total. The molecule has 0 spiro atoms. The molecular formula is C44H29N. The van der Waals surface area contributed by atoms with Crippen LogP contribution in [-0.2, 0) is 0 Å². The molecule has 0 N–H and O–H groups in total. The lowest BCUT2D eigenvalue weighted by Gasteiger charge is -2.10. The van der Waals surface area contributed by atoms with Gasteiger partial charge in [-0.25, -0.2) is 0 Å². The van der Waals surface area contributed by atoms with E-state index in [9.17, 15) is 0 Å². The smallest absolute Gasteiger partial charge is 0.0547 e. The lowest BCUT2D eigenvalue weighted by Crippen LogP contribution is -1.93. The highest BCUT2D eigenvalue weighted by Crippen LogP contribution is 2.38. The minimum Gasteiger partial charge on any atom is -0.309 e. The molecule has 9 aromatic rings. The first-order valence-electron chi connectivity index (χ1n) is 15.5. The molecule has 8 aromatic carbocycles. The minimum atomic E-state index is 1.17. The zero-order valence-electron chi connectivity index (χ0n) is 24.7. The fourth-order valence-electron chi connectivity index (χ4n) is 6.83. The molecule has 1 aromatic heterocycles. The van der Waals surface area contributed by atoms with Crippen LogP contribution >= 0.6 is 0 Å². The molecule has 9 rings (SSSR count). The van der Waals surface area contributed by atoms with Crippen molar-refractivity contribution in [3.8, 4) is 39.1 Å². The average Bonchev–Trinajstić information content (AvgIpc) is 3.44. The predicted molar refractivity (Wildman–Crippen MR) is 192 cm³/mol. The normalized spacial score (nSPS) is 11.6. The van der Waals surface area contributed by atoms with Crippen LogP contribution in [0.4, 0.5) is 0 Å². The van der Waals surface area contributed by atoms with Gasteiger partial charge in [0.05, 0.1) is 11.0 Å². The van der Waals surface area contributed by atoms with Crippen molar-refractivity contribution < 1.29 is 0 Å². The second-order valence-electron chi connectivity index (χ2n) is 11.8. The van der Waals surface area contributed by atoms with Gasteiger partial charge in [-0.1, -0.05) is 133 Å². The van der Waals surface area contributed by atoms with Gasteiger partial charge in [-0.3, -0.25) is 0 Å². The van der Waals surface area contributed by atoms with Crippen molar-refractivity contribution in [3.05, 3.63) is 176 Å². The van der Waals surface area contributed by atoms with Crippen LogP contribution in [-0.4, -0.2) is 4.57 Å². The van der Waals surface area contributed by atoms with Crippen LogP contribution in [0.2, 0.25) is 0 Å². The minimum absolute atomic E-state index is 1.17. The van der Waals surface area contributed by atoms with Gasteiger partial charge in [0, 0.05) is 16.5 Å². The standard InChI is InChI=1S/C44H29N/c1-2-12-40(13-3-1)45-43-25-23-38(33-16-14-32(15-17-33)36-20-18-30-8-4-6-10-34(30)26-36)28-42(43)41-24-22-39(29-44(41)45)37-21-19-31-9-5-7-11-35(31)27-37/h1-29H. The van der Waals surface area contributed by atoms with Crippen LogP contribution < -0.4 is 0 Å². The maximum Gasteiger partial charge on any atom is 0.0547 e. The van der Waals surface area contributed by atoms with E-state index in [0.29, 0.717) is 0 Å². The van der Waals surface area contributed by atoms with E-state index in [1.54, 1.807) is 0 Å². The van der Waals surface area contributed by atoms with Crippen molar-refractivity contribution in [2.45, 2.75) is 0 Å². The average molecular weight is 572 g/mol. The SMILES string of the molecule is c1ccc(-n2c3ccc(-c4ccc(-c5ccc6ccccc6c5)cc4)cc3c3ccc(-c4ccc5ccccc5c4)cc32)cc1. The number of hydrogen-bond acceptors (Lipinski definition) is 0. The molecule has 0 atom stereocenters. The van der Waals surface area contributed by atoms with E-state index in [-0.39, 0.29) is 0 Å². The van der Waals surface area contributed by atoms with E-state index >= 15 is 0 Å². The summed E-state index contributed by atoms with van der Waals surface area (Å²) in [5.74, 6) is 0. The fourth-order valence-corrected chi connectivity index (χ4v) is 6.83. The monoisotopic (exact) mass is 571 g/mol. The zero-order chi connectivity index (χ0) is 29.7. The highest BCUT2D eigenvalue weighted by molar-refractivity contribution is 6.11. The van der Waals surface area contributed by atoms with Crippen LogP contribution in [0.25, 0.3) is 82.4 Å². The van der Waals surface area contributed by atoms with Gasteiger partial charge in [-0.05, 0) is 97.4 Å². The van der Waals surface area contributed by atoms with Gasteiger partial charge in [0.1, 0.15) is 0 Å². The summed E-state index contributed by atoms with van der Waals surface area (Å²) in [7, 11) is 0. The number of nitrogens with zero attached hydrogens (tertiary/aromatic N) is 1.